The van der Waals surface area contributed by atoms with Crippen molar-refractivity contribution in [1.29, 1.82) is 0 Å². The average molecular weight is 331 g/mol. The second-order valence-corrected chi connectivity index (χ2v) is 6.55. The molecule has 25 heavy (non-hydrogen) atoms. The maximum atomic E-state index is 12.7. The van der Waals surface area contributed by atoms with Gasteiger partial charge in [-0.25, -0.2) is 0 Å². The first kappa shape index (κ1) is 15.7. The summed E-state index contributed by atoms with van der Waals surface area (Å²) in [6.45, 7) is 2.02. The fraction of sp³-hybridized carbons (Fsp3) is 0.227. The monoisotopic (exact) mass is 331 g/mol. The molecule has 0 saturated carbocycles. The van der Waals surface area contributed by atoms with Gasteiger partial charge < -0.3 is 10.1 Å². The number of fused-ring (bicyclic) bond motifs is 2. The number of amides is 1. The third kappa shape index (κ3) is 3.10. The van der Waals surface area contributed by atoms with Crippen LogP contribution >= 0.6 is 0 Å². The Bertz CT molecular complexity index is 913. The second kappa shape index (κ2) is 6.60. The highest BCUT2D eigenvalue weighted by Gasteiger charge is 2.27. The van der Waals surface area contributed by atoms with Crippen LogP contribution in [0.25, 0.3) is 10.8 Å². The van der Waals surface area contributed by atoms with Crippen LogP contribution in [0.5, 0.6) is 5.75 Å². The van der Waals surface area contributed by atoms with E-state index in [0.29, 0.717) is 6.42 Å². The highest BCUT2D eigenvalue weighted by atomic mass is 16.5. The van der Waals surface area contributed by atoms with Gasteiger partial charge in [0.05, 0.1) is 6.04 Å². The number of hydrogen-bond acceptors (Lipinski definition) is 2. The van der Waals surface area contributed by atoms with Crippen LogP contribution in [0.1, 0.15) is 30.5 Å². The van der Waals surface area contributed by atoms with Gasteiger partial charge in [-0.05, 0) is 47.7 Å². The van der Waals surface area contributed by atoms with Gasteiger partial charge >= 0.3 is 0 Å². The summed E-state index contributed by atoms with van der Waals surface area (Å²) in [5.41, 5.74) is 2.30. The van der Waals surface area contributed by atoms with Gasteiger partial charge in [-0.3, -0.25) is 4.79 Å². The summed E-state index contributed by atoms with van der Waals surface area (Å²) in [7, 11) is 0. The van der Waals surface area contributed by atoms with Gasteiger partial charge in [-0.15, -0.1) is 0 Å². The van der Waals surface area contributed by atoms with E-state index < -0.39 is 6.10 Å². The van der Waals surface area contributed by atoms with Crippen molar-refractivity contribution >= 4 is 16.7 Å². The SMILES string of the molecule is C[C@@H](NC(=O)[C@H]1CCc2ccccc2O1)c1cccc2ccccc12. The van der Waals surface area contributed by atoms with Crippen LogP contribution in [0.4, 0.5) is 0 Å². The number of hydrogen-bond donors (Lipinski definition) is 1. The molecule has 1 N–H and O–H groups in total. The van der Waals surface area contributed by atoms with Gasteiger partial charge in [0.15, 0.2) is 6.10 Å². The van der Waals surface area contributed by atoms with E-state index in [9.17, 15) is 4.79 Å². The third-order valence-electron chi connectivity index (χ3n) is 4.86. The molecule has 126 valence electrons. The molecule has 1 aliphatic heterocycles. The molecule has 3 aromatic rings. The summed E-state index contributed by atoms with van der Waals surface area (Å²) < 4.78 is 5.91. The van der Waals surface area contributed by atoms with Crippen molar-refractivity contribution in [3.05, 3.63) is 77.9 Å². The van der Waals surface area contributed by atoms with Crippen molar-refractivity contribution in [1.82, 2.24) is 5.32 Å². The first-order valence-corrected chi connectivity index (χ1v) is 8.75. The largest absolute Gasteiger partial charge is 0.480 e. The first-order valence-electron chi connectivity index (χ1n) is 8.75. The molecule has 0 radical (unpaired) electrons. The minimum absolute atomic E-state index is 0.0464. The van der Waals surface area contributed by atoms with Crippen LogP contribution in [0.15, 0.2) is 66.7 Å². The van der Waals surface area contributed by atoms with Crippen molar-refractivity contribution in [3.8, 4) is 5.75 Å². The molecule has 1 amide bonds. The Morgan fingerprint density at radius 2 is 1.80 bits per heavy atom. The fourth-order valence-corrected chi connectivity index (χ4v) is 3.52. The quantitative estimate of drug-likeness (QED) is 0.772. The molecular formula is C22H21NO2. The summed E-state index contributed by atoms with van der Waals surface area (Å²) in [6, 6.07) is 22.3. The first-order chi connectivity index (χ1) is 12.2. The average Bonchev–Trinajstić information content (AvgIpc) is 2.67. The highest BCUT2D eigenvalue weighted by molar-refractivity contribution is 5.87. The van der Waals surface area contributed by atoms with Gasteiger partial charge in [0.1, 0.15) is 5.75 Å². The molecule has 3 aromatic carbocycles. The van der Waals surface area contributed by atoms with Crippen LogP contribution in [-0.4, -0.2) is 12.0 Å². The second-order valence-electron chi connectivity index (χ2n) is 6.55. The van der Waals surface area contributed by atoms with E-state index in [1.54, 1.807) is 0 Å². The fourth-order valence-electron chi connectivity index (χ4n) is 3.52. The van der Waals surface area contributed by atoms with Crippen molar-refractivity contribution in [2.75, 3.05) is 0 Å². The van der Waals surface area contributed by atoms with E-state index in [0.717, 1.165) is 17.7 Å². The number of ether oxygens (including phenoxy) is 1. The van der Waals surface area contributed by atoms with E-state index >= 15 is 0 Å². The molecule has 0 spiro atoms. The Labute approximate surface area is 147 Å². The number of para-hydroxylation sites is 1. The van der Waals surface area contributed by atoms with Gasteiger partial charge in [-0.2, -0.15) is 0 Å². The number of carbonyl (C=O) groups excluding carboxylic acids is 1. The van der Waals surface area contributed by atoms with E-state index in [1.807, 2.05) is 43.3 Å². The zero-order chi connectivity index (χ0) is 17.2. The molecular weight excluding hydrogens is 310 g/mol. The Balaban J connectivity index is 1.51. The number of aryl methyl sites for hydroxylation is 1. The number of benzene rings is 3. The summed E-state index contributed by atoms with van der Waals surface area (Å²) in [5.74, 6) is 0.779. The Kier molecular flexibility index (Phi) is 4.14. The summed E-state index contributed by atoms with van der Waals surface area (Å²) in [5, 5.41) is 5.48. The van der Waals surface area contributed by atoms with Crippen molar-refractivity contribution < 1.29 is 9.53 Å². The van der Waals surface area contributed by atoms with Gasteiger partial charge in [-0.1, -0.05) is 60.7 Å². The minimum Gasteiger partial charge on any atom is -0.480 e. The predicted molar refractivity (Wildman–Crippen MR) is 99.7 cm³/mol. The van der Waals surface area contributed by atoms with Gasteiger partial charge in [0.25, 0.3) is 5.91 Å². The zero-order valence-electron chi connectivity index (χ0n) is 14.2. The van der Waals surface area contributed by atoms with Crippen molar-refractivity contribution in [2.24, 2.45) is 0 Å². The van der Waals surface area contributed by atoms with Crippen molar-refractivity contribution in [3.63, 3.8) is 0 Å². The molecule has 0 aromatic heterocycles. The molecule has 1 aliphatic rings. The lowest BCUT2D eigenvalue weighted by atomic mass is 9.98. The number of nitrogens with one attached hydrogen (secondary N) is 1. The van der Waals surface area contributed by atoms with Gasteiger partial charge in [0.2, 0.25) is 0 Å². The van der Waals surface area contributed by atoms with Crippen LogP contribution in [0, 0.1) is 0 Å². The number of carbonyl (C=O) groups is 1. The van der Waals surface area contributed by atoms with E-state index in [4.69, 9.17) is 4.74 Å². The summed E-state index contributed by atoms with van der Waals surface area (Å²) >= 11 is 0. The lowest BCUT2D eigenvalue weighted by Gasteiger charge is -2.27. The Hall–Kier alpha value is -2.81. The van der Waals surface area contributed by atoms with Gasteiger partial charge in [0, 0.05) is 0 Å². The summed E-state index contributed by atoms with van der Waals surface area (Å²) in [4.78, 5) is 12.7. The predicted octanol–water partition coefficient (Wildman–Crippen LogP) is 4.41. The molecule has 3 heteroatoms. The van der Waals surface area contributed by atoms with E-state index in [-0.39, 0.29) is 11.9 Å². The molecule has 3 nitrogen and oxygen atoms in total. The maximum Gasteiger partial charge on any atom is 0.261 e. The van der Waals surface area contributed by atoms with Crippen molar-refractivity contribution in [2.45, 2.75) is 31.9 Å². The lowest BCUT2D eigenvalue weighted by molar-refractivity contribution is -0.129. The molecule has 1 heterocycles. The molecule has 0 fully saturated rings. The standard InChI is InChI=1S/C22H21NO2/c1-15(18-11-6-9-16-7-2-4-10-19(16)18)23-22(24)21-14-13-17-8-3-5-12-20(17)25-21/h2-12,15,21H,13-14H2,1H3,(H,23,24)/t15-,21-/m1/s1. The molecule has 0 bridgehead atoms. The molecule has 0 unspecified atom stereocenters. The highest BCUT2D eigenvalue weighted by Crippen LogP contribution is 2.28. The van der Waals surface area contributed by atoms with Crippen LogP contribution in [-0.2, 0) is 11.2 Å². The normalized spacial score (nSPS) is 17.4. The molecule has 0 saturated heterocycles. The lowest BCUT2D eigenvalue weighted by Crippen LogP contribution is -2.41. The van der Waals surface area contributed by atoms with Crippen LogP contribution in [0.2, 0.25) is 0 Å². The topological polar surface area (TPSA) is 38.3 Å². The van der Waals surface area contributed by atoms with Crippen LogP contribution < -0.4 is 10.1 Å². The number of rotatable bonds is 3. The third-order valence-corrected chi connectivity index (χ3v) is 4.86. The van der Waals surface area contributed by atoms with E-state index in [1.165, 1.54) is 16.3 Å². The zero-order valence-corrected chi connectivity index (χ0v) is 14.2. The molecule has 0 aliphatic carbocycles. The Morgan fingerprint density at radius 1 is 1.04 bits per heavy atom. The maximum absolute atomic E-state index is 12.7. The molecule has 2 atom stereocenters. The summed E-state index contributed by atoms with van der Waals surface area (Å²) in [6.07, 6.45) is 1.16. The van der Waals surface area contributed by atoms with Crippen LogP contribution in [0.3, 0.4) is 0 Å². The Morgan fingerprint density at radius 3 is 2.72 bits per heavy atom. The minimum atomic E-state index is -0.424. The van der Waals surface area contributed by atoms with E-state index in [2.05, 4.69) is 35.6 Å². The molecule has 4 rings (SSSR count). The smallest absolute Gasteiger partial charge is 0.261 e.